The van der Waals surface area contributed by atoms with Crippen molar-refractivity contribution >= 4 is 5.82 Å². The van der Waals surface area contributed by atoms with Crippen molar-refractivity contribution in [3.05, 3.63) is 47.7 Å². The highest BCUT2D eigenvalue weighted by Gasteiger charge is 2.06. The molecule has 2 aromatic rings. The summed E-state index contributed by atoms with van der Waals surface area (Å²) in [4.78, 5) is 4.21. The van der Waals surface area contributed by atoms with Gasteiger partial charge in [-0.05, 0) is 18.2 Å². The van der Waals surface area contributed by atoms with Gasteiger partial charge in [-0.1, -0.05) is 6.07 Å². The average Bonchev–Trinajstić information content (AvgIpc) is 2.53. The maximum absolute atomic E-state index is 8.85. The number of pyridine rings is 1. The molecule has 0 aliphatic carbocycles. The summed E-state index contributed by atoms with van der Waals surface area (Å²) in [5, 5.41) is 11.8. The molecule has 0 bridgehead atoms. The molecule has 5 nitrogen and oxygen atoms in total. The third kappa shape index (κ3) is 3.18. The Morgan fingerprint density at radius 2 is 2.10 bits per heavy atom. The van der Waals surface area contributed by atoms with Crippen molar-refractivity contribution in [1.82, 2.24) is 4.98 Å². The van der Waals surface area contributed by atoms with E-state index in [1.165, 1.54) is 0 Å². The molecule has 2 rings (SSSR count). The van der Waals surface area contributed by atoms with Crippen LogP contribution < -0.4 is 14.8 Å². The number of rotatable bonds is 5. The zero-order valence-corrected chi connectivity index (χ0v) is 11.4. The largest absolute Gasteiger partial charge is 0.493 e. The van der Waals surface area contributed by atoms with Crippen molar-refractivity contribution in [2.24, 2.45) is 0 Å². The monoisotopic (exact) mass is 269 g/mol. The molecule has 0 saturated carbocycles. The highest BCUT2D eigenvalue weighted by molar-refractivity contribution is 5.46. The summed E-state index contributed by atoms with van der Waals surface area (Å²) in [5.74, 6) is 1.96. The second-order valence-corrected chi connectivity index (χ2v) is 4.07. The fourth-order valence-electron chi connectivity index (χ4n) is 1.68. The van der Waals surface area contributed by atoms with Crippen LogP contribution in [0.25, 0.3) is 0 Å². The van der Waals surface area contributed by atoms with Gasteiger partial charge in [-0.25, -0.2) is 4.98 Å². The average molecular weight is 269 g/mol. The predicted molar refractivity (Wildman–Crippen MR) is 75.8 cm³/mol. The molecule has 20 heavy (non-hydrogen) atoms. The Labute approximate surface area is 117 Å². The first kappa shape index (κ1) is 13.7. The molecule has 1 aromatic carbocycles. The molecular weight excluding hydrogens is 254 g/mol. The maximum Gasteiger partial charge on any atom is 0.162 e. The first-order chi connectivity index (χ1) is 9.76. The Bertz CT molecular complexity index is 618. The van der Waals surface area contributed by atoms with Gasteiger partial charge in [0.15, 0.2) is 11.5 Å². The van der Waals surface area contributed by atoms with Gasteiger partial charge < -0.3 is 14.8 Å². The number of nitrogens with one attached hydrogen (secondary N) is 1. The lowest BCUT2D eigenvalue weighted by Crippen LogP contribution is -1.99. The number of nitrogens with zero attached hydrogens (tertiary/aromatic N) is 2. The summed E-state index contributed by atoms with van der Waals surface area (Å²) in [5.41, 5.74) is 1.49. The van der Waals surface area contributed by atoms with Crippen LogP contribution in [0, 0.1) is 11.3 Å². The van der Waals surface area contributed by atoms with Gasteiger partial charge in [0.1, 0.15) is 12.4 Å². The van der Waals surface area contributed by atoms with Crippen molar-refractivity contribution in [1.29, 1.82) is 5.26 Å². The SMILES string of the molecule is CNc1ccc(COc2ccc(C#N)cc2OC)cn1. The highest BCUT2D eigenvalue weighted by atomic mass is 16.5. The smallest absolute Gasteiger partial charge is 0.162 e. The van der Waals surface area contributed by atoms with Crippen molar-refractivity contribution in [3.8, 4) is 17.6 Å². The Hall–Kier alpha value is -2.74. The van der Waals surface area contributed by atoms with Crippen LogP contribution in [0.2, 0.25) is 0 Å². The lowest BCUT2D eigenvalue weighted by atomic mass is 10.2. The van der Waals surface area contributed by atoms with Crippen LogP contribution in [-0.4, -0.2) is 19.1 Å². The molecule has 0 radical (unpaired) electrons. The first-order valence-electron chi connectivity index (χ1n) is 6.10. The van der Waals surface area contributed by atoms with Gasteiger partial charge in [0.2, 0.25) is 0 Å². The first-order valence-corrected chi connectivity index (χ1v) is 6.10. The molecule has 1 N–H and O–H groups in total. The van der Waals surface area contributed by atoms with E-state index in [-0.39, 0.29) is 0 Å². The molecule has 0 aliphatic rings. The summed E-state index contributed by atoms with van der Waals surface area (Å²) >= 11 is 0. The summed E-state index contributed by atoms with van der Waals surface area (Å²) in [6.45, 7) is 0.388. The van der Waals surface area contributed by atoms with Crippen LogP contribution in [0.4, 0.5) is 5.82 Å². The Kier molecular flexibility index (Phi) is 4.40. The van der Waals surface area contributed by atoms with Crippen molar-refractivity contribution in [2.75, 3.05) is 19.5 Å². The normalized spacial score (nSPS) is 9.65. The molecule has 5 heteroatoms. The summed E-state index contributed by atoms with van der Waals surface area (Å²) in [7, 11) is 3.37. The number of hydrogen-bond acceptors (Lipinski definition) is 5. The molecular formula is C15H15N3O2. The van der Waals surface area contributed by atoms with Gasteiger partial charge in [-0.3, -0.25) is 0 Å². The number of anilines is 1. The predicted octanol–water partition coefficient (Wildman–Crippen LogP) is 2.58. The lowest BCUT2D eigenvalue weighted by molar-refractivity contribution is 0.284. The van der Waals surface area contributed by atoms with Crippen LogP contribution in [0.15, 0.2) is 36.5 Å². The minimum absolute atomic E-state index is 0.388. The van der Waals surface area contributed by atoms with Gasteiger partial charge in [0, 0.05) is 24.9 Å². The van der Waals surface area contributed by atoms with Gasteiger partial charge >= 0.3 is 0 Å². The number of methoxy groups -OCH3 is 1. The standard InChI is InChI=1S/C15H15N3O2/c1-17-15-6-4-12(9-18-15)10-20-13-5-3-11(8-16)7-14(13)19-2/h3-7,9H,10H2,1-2H3,(H,17,18). The second kappa shape index (κ2) is 6.43. The molecule has 0 saturated heterocycles. The molecule has 0 fully saturated rings. The summed E-state index contributed by atoms with van der Waals surface area (Å²) in [6, 6.07) is 11.0. The maximum atomic E-state index is 8.85. The zero-order chi connectivity index (χ0) is 14.4. The Morgan fingerprint density at radius 1 is 1.25 bits per heavy atom. The van der Waals surface area contributed by atoms with E-state index in [2.05, 4.69) is 16.4 Å². The van der Waals surface area contributed by atoms with Gasteiger partial charge in [0.05, 0.1) is 18.7 Å². The highest BCUT2D eigenvalue weighted by Crippen LogP contribution is 2.28. The van der Waals surface area contributed by atoms with Crippen molar-refractivity contribution < 1.29 is 9.47 Å². The number of benzene rings is 1. The quantitative estimate of drug-likeness (QED) is 0.903. The number of hydrogen-bond donors (Lipinski definition) is 1. The van der Waals surface area contributed by atoms with Crippen molar-refractivity contribution in [2.45, 2.75) is 6.61 Å². The zero-order valence-electron chi connectivity index (χ0n) is 11.4. The number of ether oxygens (including phenoxy) is 2. The molecule has 1 heterocycles. The molecule has 0 aliphatic heterocycles. The van der Waals surface area contributed by atoms with Crippen LogP contribution in [0.1, 0.15) is 11.1 Å². The molecule has 102 valence electrons. The van der Waals surface area contributed by atoms with E-state index < -0.39 is 0 Å². The fraction of sp³-hybridized carbons (Fsp3) is 0.200. The lowest BCUT2D eigenvalue weighted by Gasteiger charge is -2.11. The molecule has 1 aromatic heterocycles. The van der Waals surface area contributed by atoms with Gasteiger partial charge in [-0.15, -0.1) is 0 Å². The van der Waals surface area contributed by atoms with Gasteiger partial charge in [-0.2, -0.15) is 5.26 Å². The van der Waals surface area contributed by atoms with E-state index >= 15 is 0 Å². The molecule has 0 amide bonds. The second-order valence-electron chi connectivity index (χ2n) is 4.07. The van der Waals surface area contributed by atoms with E-state index in [0.717, 1.165) is 11.4 Å². The van der Waals surface area contributed by atoms with E-state index in [4.69, 9.17) is 14.7 Å². The van der Waals surface area contributed by atoms with Crippen LogP contribution in [-0.2, 0) is 6.61 Å². The van der Waals surface area contributed by atoms with E-state index in [1.54, 1.807) is 31.5 Å². The summed E-state index contributed by atoms with van der Waals surface area (Å²) < 4.78 is 10.9. The topological polar surface area (TPSA) is 67.2 Å². The fourth-order valence-corrected chi connectivity index (χ4v) is 1.68. The third-order valence-electron chi connectivity index (χ3n) is 2.77. The summed E-state index contributed by atoms with van der Waals surface area (Å²) in [6.07, 6.45) is 1.75. The molecule has 0 unspecified atom stereocenters. The van der Waals surface area contributed by atoms with Crippen LogP contribution >= 0.6 is 0 Å². The Morgan fingerprint density at radius 3 is 2.70 bits per heavy atom. The van der Waals surface area contributed by atoms with Crippen molar-refractivity contribution in [3.63, 3.8) is 0 Å². The van der Waals surface area contributed by atoms with E-state index in [9.17, 15) is 0 Å². The molecule has 0 atom stereocenters. The third-order valence-corrected chi connectivity index (χ3v) is 2.77. The minimum Gasteiger partial charge on any atom is -0.493 e. The van der Waals surface area contributed by atoms with Crippen LogP contribution in [0.5, 0.6) is 11.5 Å². The van der Waals surface area contributed by atoms with E-state index in [0.29, 0.717) is 23.7 Å². The molecule has 0 spiro atoms. The minimum atomic E-state index is 0.388. The van der Waals surface area contributed by atoms with Crippen LogP contribution in [0.3, 0.4) is 0 Å². The Balaban J connectivity index is 2.08. The van der Waals surface area contributed by atoms with Gasteiger partial charge in [0.25, 0.3) is 0 Å². The number of nitriles is 1. The number of aromatic nitrogens is 1. The van der Waals surface area contributed by atoms with E-state index in [1.807, 2.05) is 19.2 Å².